The molecular formula is C15H17ClN2O3. The molecule has 2 N–H and O–H groups in total. The Morgan fingerprint density at radius 2 is 1.90 bits per heavy atom. The third-order valence-corrected chi connectivity index (χ3v) is 2.96. The molecule has 1 rings (SSSR count). The standard InChI is InChI=1S/C15H17ClN2O3/c1-3-7-18(8-4-2)10-14(19)17-13-9-11(15(20)21)5-6-12(13)16/h3-6,9H,1-2,7-8,10H2,(H,17,19)(H,20,21). The fraction of sp³-hybridized carbons (Fsp3) is 0.200. The number of carboxylic acid groups (broad SMARTS) is 1. The van der Waals surface area contributed by atoms with Gasteiger partial charge in [-0.05, 0) is 18.2 Å². The molecule has 0 radical (unpaired) electrons. The van der Waals surface area contributed by atoms with Crippen molar-refractivity contribution in [3.05, 3.63) is 54.1 Å². The van der Waals surface area contributed by atoms with E-state index >= 15 is 0 Å². The van der Waals surface area contributed by atoms with Gasteiger partial charge in [0.15, 0.2) is 0 Å². The van der Waals surface area contributed by atoms with Gasteiger partial charge in [0.05, 0.1) is 22.8 Å². The van der Waals surface area contributed by atoms with Crippen molar-refractivity contribution in [2.24, 2.45) is 0 Å². The van der Waals surface area contributed by atoms with E-state index in [0.717, 1.165) is 0 Å². The molecule has 1 aromatic rings. The second-order valence-corrected chi connectivity index (χ2v) is 4.73. The normalized spacial score (nSPS) is 10.2. The van der Waals surface area contributed by atoms with E-state index in [9.17, 15) is 9.59 Å². The number of amides is 1. The average Bonchev–Trinajstić information content (AvgIpc) is 2.41. The molecule has 5 nitrogen and oxygen atoms in total. The molecule has 1 aromatic carbocycles. The quantitative estimate of drug-likeness (QED) is 0.724. The lowest BCUT2D eigenvalue weighted by Gasteiger charge is -2.18. The van der Waals surface area contributed by atoms with Gasteiger partial charge in [0.1, 0.15) is 0 Å². The van der Waals surface area contributed by atoms with Gasteiger partial charge in [-0.15, -0.1) is 13.2 Å². The second kappa shape index (κ2) is 8.24. The van der Waals surface area contributed by atoms with E-state index in [-0.39, 0.29) is 28.7 Å². The summed E-state index contributed by atoms with van der Waals surface area (Å²) in [6, 6.07) is 4.14. The van der Waals surface area contributed by atoms with E-state index in [1.54, 1.807) is 12.2 Å². The number of carbonyl (C=O) groups excluding carboxylic acids is 1. The molecule has 0 unspecified atom stereocenters. The number of carboxylic acids is 1. The Morgan fingerprint density at radius 1 is 1.29 bits per heavy atom. The van der Waals surface area contributed by atoms with Crippen LogP contribution in [0.15, 0.2) is 43.5 Å². The molecule has 0 fully saturated rings. The smallest absolute Gasteiger partial charge is 0.335 e. The zero-order valence-corrected chi connectivity index (χ0v) is 12.3. The molecule has 0 atom stereocenters. The first-order chi connectivity index (χ1) is 9.97. The van der Waals surface area contributed by atoms with Gasteiger partial charge in [0.25, 0.3) is 0 Å². The average molecular weight is 309 g/mol. The Balaban J connectivity index is 2.77. The van der Waals surface area contributed by atoms with Crippen LogP contribution in [0, 0.1) is 0 Å². The highest BCUT2D eigenvalue weighted by atomic mass is 35.5. The molecule has 1 amide bonds. The number of carbonyl (C=O) groups is 2. The fourth-order valence-corrected chi connectivity index (χ4v) is 1.88. The van der Waals surface area contributed by atoms with Gasteiger partial charge in [-0.25, -0.2) is 4.79 Å². The summed E-state index contributed by atoms with van der Waals surface area (Å²) in [5, 5.41) is 11.8. The van der Waals surface area contributed by atoms with Crippen LogP contribution < -0.4 is 5.32 Å². The maximum atomic E-state index is 12.0. The first-order valence-corrected chi connectivity index (χ1v) is 6.62. The number of anilines is 1. The Kier molecular flexibility index (Phi) is 6.65. The summed E-state index contributed by atoms with van der Waals surface area (Å²) in [5.74, 6) is -1.37. The van der Waals surface area contributed by atoms with E-state index in [0.29, 0.717) is 13.1 Å². The molecule has 6 heteroatoms. The number of hydrogen-bond donors (Lipinski definition) is 2. The minimum absolute atomic E-state index is 0.0590. The Bertz CT molecular complexity index is 548. The van der Waals surface area contributed by atoms with E-state index in [1.165, 1.54) is 18.2 Å². The SMILES string of the molecule is C=CCN(CC=C)CC(=O)Nc1cc(C(=O)O)ccc1Cl. The summed E-state index contributed by atoms with van der Waals surface area (Å²) in [4.78, 5) is 24.7. The van der Waals surface area contributed by atoms with Crippen molar-refractivity contribution in [1.82, 2.24) is 4.90 Å². The van der Waals surface area contributed by atoms with Gasteiger partial charge < -0.3 is 10.4 Å². The van der Waals surface area contributed by atoms with Crippen molar-refractivity contribution >= 4 is 29.2 Å². The van der Waals surface area contributed by atoms with Crippen molar-refractivity contribution in [3.63, 3.8) is 0 Å². The van der Waals surface area contributed by atoms with Gasteiger partial charge in [-0.2, -0.15) is 0 Å². The fourth-order valence-electron chi connectivity index (χ4n) is 1.72. The van der Waals surface area contributed by atoms with Crippen LogP contribution in [0.1, 0.15) is 10.4 Å². The van der Waals surface area contributed by atoms with Crippen LogP contribution in [-0.2, 0) is 4.79 Å². The number of hydrogen-bond acceptors (Lipinski definition) is 3. The lowest BCUT2D eigenvalue weighted by Crippen LogP contribution is -2.33. The summed E-state index contributed by atoms with van der Waals surface area (Å²) in [7, 11) is 0. The van der Waals surface area contributed by atoms with Crippen molar-refractivity contribution < 1.29 is 14.7 Å². The molecule has 0 aliphatic heterocycles. The van der Waals surface area contributed by atoms with Gasteiger partial charge in [-0.1, -0.05) is 23.8 Å². The van der Waals surface area contributed by atoms with E-state index in [1.807, 2.05) is 4.90 Å². The van der Waals surface area contributed by atoms with Crippen molar-refractivity contribution in [2.75, 3.05) is 25.0 Å². The summed E-state index contributed by atoms with van der Waals surface area (Å²) in [5.41, 5.74) is 0.336. The Morgan fingerprint density at radius 3 is 2.43 bits per heavy atom. The van der Waals surface area contributed by atoms with E-state index in [2.05, 4.69) is 18.5 Å². The first-order valence-electron chi connectivity index (χ1n) is 6.24. The third-order valence-electron chi connectivity index (χ3n) is 2.63. The van der Waals surface area contributed by atoms with Crippen LogP contribution in [0.5, 0.6) is 0 Å². The van der Waals surface area contributed by atoms with Crippen LogP contribution >= 0.6 is 11.6 Å². The van der Waals surface area contributed by atoms with Gasteiger partial charge >= 0.3 is 5.97 Å². The maximum absolute atomic E-state index is 12.0. The molecule has 0 saturated heterocycles. The molecule has 112 valence electrons. The van der Waals surface area contributed by atoms with Crippen LogP contribution in [0.2, 0.25) is 5.02 Å². The number of halogens is 1. The molecule has 0 aromatic heterocycles. The van der Waals surface area contributed by atoms with Crippen LogP contribution in [0.3, 0.4) is 0 Å². The Labute approximate surface area is 128 Å². The number of aromatic carboxylic acids is 1. The summed E-state index contributed by atoms with van der Waals surface area (Å²) < 4.78 is 0. The van der Waals surface area contributed by atoms with Crippen molar-refractivity contribution in [3.8, 4) is 0 Å². The Hall–Kier alpha value is -2.11. The van der Waals surface area contributed by atoms with E-state index in [4.69, 9.17) is 16.7 Å². The highest BCUT2D eigenvalue weighted by molar-refractivity contribution is 6.33. The van der Waals surface area contributed by atoms with Gasteiger partial charge in [0, 0.05) is 13.1 Å². The molecule has 0 bridgehead atoms. The number of nitrogens with one attached hydrogen (secondary N) is 1. The molecule has 0 aliphatic rings. The lowest BCUT2D eigenvalue weighted by molar-refractivity contribution is -0.117. The molecule has 21 heavy (non-hydrogen) atoms. The molecule has 0 saturated carbocycles. The highest BCUT2D eigenvalue weighted by Gasteiger charge is 2.12. The van der Waals surface area contributed by atoms with Crippen LogP contribution in [0.25, 0.3) is 0 Å². The number of benzene rings is 1. The molecule has 0 aliphatic carbocycles. The van der Waals surface area contributed by atoms with E-state index < -0.39 is 5.97 Å². The topological polar surface area (TPSA) is 69.6 Å². The minimum atomic E-state index is -1.08. The van der Waals surface area contributed by atoms with Gasteiger partial charge in [-0.3, -0.25) is 9.69 Å². The van der Waals surface area contributed by atoms with Gasteiger partial charge in [0.2, 0.25) is 5.91 Å². The van der Waals surface area contributed by atoms with Crippen molar-refractivity contribution in [1.29, 1.82) is 0 Å². The largest absolute Gasteiger partial charge is 0.478 e. The van der Waals surface area contributed by atoms with Crippen molar-refractivity contribution in [2.45, 2.75) is 0 Å². The molecule has 0 spiro atoms. The minimum Gasteiger partial charge on any atom is -0.478 e. The number of rotatable bonds is 8. The predicted molar refractivity (Wildman–Crippen MR) is 83.9 cm³/mol. The summed E-state index contributed by atoms with van der Waals surface area (Å²) >= 11 is 5.95. The predicted octanol–water partition coefficient (Wildman–Crippen LogP) is 2.65. The first kappa shape index (κ1) is 16.9. The summed E-state index contributed by atoms with van der Waals surface area (Å²) in [6.45, 7) is 8.47. The highest BCUT2D eigenvalue weighted by Crippen LogP contribution is 2.23. The third kappa shape index (κ3) is 5.41. The van der Waals surface area contributed by atoms with Crippen LogP contribution in [-0.4, -0.2) is 41.5 Å². The second-order valence-electron chi connectivity index (χ2n) is 4.32. The summed E-state index contributed by atoms with van der Waals surface area (Å²) in [6.07, 6.45) is 3.38. The zero-order chi connectivity index (χ0) is 15.8. The zero-order valence-electron chi connectivity index (χ0n) is 11.5. The lowest BCUT2D eigenvalue weighted by atomic mass is 10.2. The monoisotopic (exact) mass is 308 g/mol. The number of nitrogens with zero attached hydrogens (tertiary/aromatic N) is 1. The van der Waals surface area contributed by atoms with Crippen LogP contribution in [0.4, 0.5) is 5.69 Å². The molecule has 0 heterocycles. The maximum Gasteiger partial charge on any atom is 0.335 e. The molecular weight excluding hydrogens is 292 g/mol.